The highest BCUT2D eigenvalue weighted by atomic mass is 16.6. The van der Waals surface area contributed by atoms with Gasteiger partial charge in [-0.2, -0.15) is 0 Å². The Labute approximate surface area is 203 Å². The Kier molecular flexibility index (Phi) is 19.7. The van der Waals surface area contributed by atoms with E-state index in [0.717, 1.165) is 18.4 Å². The predicted octanol–water partition coefficient (Wildman–Crippen LogP) is 5.73. The fourth-order valence-corrected chi connectivity index (χ4v) is 3.45. The number of likely N-dealkylation sites (tertiary alicyclic amines) is 1. The first-order valence-corrected chi connectivity index (χ1v) is 13.1. The van der Waals surface area contributed by atoms with Crippen molar-refractivity contribution in [3.63, 3.8) is 0 Å². The molecule has 2 aliphatic heterocycles. The molecule has 1 saturated heterocycles. The first-order chi connectivity index (χ1) is 16.1. The normalized spacial score (nSPS) is 15.0. The summed E-state index contributed by atoms with van der Waals surface area (Å²) < 4.78 is 11.0. The molecule has 0 saturated carbocycles. The van der Waals surface area contributed by atoms with Gasteiger partial charge in [0.15, 0.2) is 11.5 Å². The van der Waals surface area contributed by atoms with Gasteiger partial charge in [-0.15, -0.1) is 0 Å². The maximum absolute atomic E-state index is 11.8. The lowest BCUT2D eigenvalue weighted by Crippen LogP contribution is -2.28. The third kappa shape index (κ3) is 14.2. The van der Waals surface area contributed by atoms with Gasteiger partial charge < -0.3 is 24.8 Å². The number of unbranched alkanes of at least 4 members (excludes halogenated alkanes) is 4. The molecule has 1 atom stereocenters. The molecule has 3 rings (SSSR count). The number of fused-ring (bicyclic) bond motifs is 1. The monoisotopic (exact) mass is 466 g/mol. The van der Waals surface area contributed by atoms with Crippen molar-refractivity contribution in [3.8, 4) is 11.5 Å². The lowest BCUT2D eigenvalue weighted by atomic mass is 10.1. The molecular formula is C27H50N2O4. The third-order valence-corrected chi connectivity index (χ3v) is 5.28. The molecule has 2 heterocycles. The molecule has 0 aliphatic carbocycles. The van der Waals surface area contributed by atoms with Crippen LogP contribution < -0.4 is 14.8 Å². The second kappa shape index (κ2) is 20.8. The summed E-state index contributed by atoms with van der Waals surface area (Å²) in [6.07, 6.45) is 8.22. The number of nitrogens with one attached hydrogen (secondary N) is 1. The van der Waals surface area contributed by atoms with Crippen LogP contribution in [0.3, 0.4) is 0 Å². The van der Waals surface area contributed by atoms with Gasteiger partial charge >= 0.3 is 0 Å². The van der Waals surface area contributed by atoms with Crippen LogP contribution in [0.25, 0.3) is 0 Å². The summed E-state index contributed by atoms with van der Waals surface area (Å²) in [6, 6.07) is 5.37. The number of amides is 1. The molecule has 6 nitrogen and oxygen atoms in total. The maximum atomic E-state index is 11.8. The van der Waals surface area contributed by atoms with Crippen molar-refractivity contribution in [3.05, 3.63) is 23.8 Å². The number of carbonyl (C=O) groups is 1. The minimum atomic E-state index is -0.741. The topological polar surface area (TPSA) is 71.0 Å². The molecule has 0 aromatic heterocycles. The van der Waals surface area contributed by atoms with Crippen LogP contribution in [0.15, 0.2) is 18.2 Å². The summed E-state index contributed by atoms with van der Waals surface area (Å²) in [5, 5.41) is 13.0. The minimum Gasteiger partial charge on any atom is -0.486 e. The Bertz CT molecular complexity index is 604. The summed E-state index contributed by atoms with van der Waals surface area (Å²) >= 11 is 0. The molecule has 0 spiro atoms. The average Bonchev–Trinajstić information content (AvgIpc) is 3.36. The number of benzene rings is 1. The van der Waals surface area contributed by atoms with E-state index in [0.29, 0.717) is 31.1 Å². The van der Waals surface area contributed by atoms with Crippen LogP contribution in [0.2, 0.25) is 0 Å². The highest BCUT2D eigenvalue weighted by molar-refractivity contribution is 5.75. The van der Waals surface area contributed by atoms with Crippen LogP contribution in [0.4, 0.5) is 0 Å². The Morgan fingerprint density at radius 2 is 1.61 bits per heavy atom. The summed E-state index contributed by atoms with van der Waals surface area (Å²) in [5.41, 5.74) is 0.720. The summed E-state index contributed by atoms with van der Waals surface area (Å²) in [4.78, 5) is 14.1. The van der Waals surface area contributed by atoms with Crippen molar-refractivity contribution in [1.29, 1.82) is 0 Å². The molecule has 0 bridgehead atoms. The molecule has 2 N–H and O–H groups in total. The molecule has 6 heteroatoms. The smallest absolute Gasteiger partial charge is 0.220 e. The number of ether oxygens (including phenoxy) is 2. The zero-order chi connectivity index (χ0) is 24.9. The van der Waals surface area contributed by atoms with E-state index in [1.54, 1.807) is 18.2 Å². The van der Waals surface area contributed by atoms with E-state index in [4.69, 9.17) is 9.47 Å². The first kappa shape index (κ1) is 31.2. The second-order valence-electron chi connectivity index (χ2n) is 7.90. The summed E-state index contributed by atoms with van der Waals surface area (Å²) in [7, 11) is 2.17. The Balaban J connectivity index is 0.000000860. The van der Waals surface area contributed by atoms with Gasteiger partial charge in [0.2, 0.25) is 5.91 Å². The fourth-order valence-electron chi connectivity index (χ4n) is 3.45. The molecule has 1 aromatic carbocycles. The van der Waals surface area contributed by atoms with Gasteiger partial charge in [-0.1, -0.05) is 66.4 Å². The van der Waals surface area contributed by atoms with E-state index >= 15 is 0 Å². The van der Waals surface area contributed by atoms with Gasteiger partial charge in [-0.25, -0.2) is 0 Å². The number of nitrogens with zero attached hydrogens (tertiary/aromatic N) is 1. The van der Waals surface area contributed by atoms with Crippen molar-refractivity contribution < 1.29 is 19.4 Å². The van der Waals surface area contributed by atoms with E-state index in [1.165, 1.54) is 45.2 Å². The molecule has 1 amide bonds. The number of hydrogen-bond acceptors (Lipinski definition) is 5. The maximum Gasteiger partial charge on any atom is 0.220 e. The molecule has 0 radical (unpaired) electrons. The van der Waals surface area contributed by atoms with E-state index in [9.17, 15) is 9.90 Å². The molecule has 192 valence electrons. The molecule has 2 aliphatic rings. The van der Waals surface area contributed by atoms with Crippen LogP contribution in [-0.2, 0) is 4.79 Å². The Morgan fingerprint density at radius 1 is 1.00 bits per heavy atom. The number of rotatable bonds is 9. The van der Waals surface area contributed by atoms with E-state index in [1.807, 2.05) is 27.7 Å². The Hall–Kier alpha value is -1.79. The molecule has 33 heavy (non-hydrogen) atoms. The number of carbonyl (C=O) groups excluding carboxylic acids is 1. The minimum absolute atomic E-state index is 0.00177. The van der Waals surface area contributed by atoms with E-state index in [2.05, 4.69) is 24.2 Å². The van der Waals surface area contributed by atoms with Crippen LogP contribution >= 0.6 is 0 Å². The van der Waals surface area contributed by atoms with Gasteiger partial charge in [0.1, 0.15) is 13.2 Å². The van der Waals surface area contributed by atoms with Crippen molar-refractivity contribution in [2.24, 2.45) is 0 Å². The number of hydrogen-bond donors (Lipinski definition) is 2. The van der Waals surface area contributed by atoms with Gasteiger partial charge in [0.25, 0.3) is 0 Å². The largest absolute Gasteiger partial charge is 0.486 e. The summed E-state index contributed by atoms with van der Waals surface area (Å²) in [6.45, 7) is 14.1. The Morgan fingerprint density at radius 3 is 2.18 bits per heavy atom. The van der Waals surface area contributed by atoms with Crippen molar-refractivity contribution in [1.82, 2.24) is 10.2 Å². The van der Waals surface area contributed by atoms with E-state index < -0.39 is 6.10 Å². The molecule has 1 unspecified atom stereocenters. The standard InChI is InChI=1S/C18H27NO4.C5H11N.2C2H6/c1-2-3-4-5-6-7-18(21)19-13-15(20)14-8-9-16-17(12-14)23-11-10-22-16;1-6-4-2-3-5-6;2*1-2/h8-9,12,15,20H,2-7,10-11,13H2,1H3,(H,19,21);2-5H2,1H3;2*1-2H3. The van der Waals surface area contributed by atoms with Crippen LogP contribution in [0.5, 0.6) is 11.5 Å². The average molecular weight is 467 g/mol. The van der Waals surface area contributed by atoms with Gasteiger partial charge in [-0.05, 0) is 57.1 Å². The second-order valence-corrected chi connectivity index (χ2v) is 7.90. The SMILES string of the molecule is CC.CC.CCCCCCCC(=O)NCC(O)c1ccc2c(c1)OCCO2.CN1CCCC1. The molecule has 1 aromatic rings. The lowest BCUT2D eigenvalue weighted by Gasteiger charge is -2.20. The highest BCUT2D eigenvalue weighted by Gasteiger charge is 2.16. The predicted molar refractivity (Wildman–Crippen MR) is 138 cm³/mol. The lowest BCUT2D eigenvalue weighted by molar-refractivity contribution is -0.121. The van der Waals surface area contributed by atoms with E-state index in [-0.39, 0.29) is 12.5 Å². The quantitative estimate of drug-likeness (QED) is 0.455. The zero-order valence-electron chi connectivity index (χ0n) is 22.1. The van der Waals surface area contributed by atoms with Crippen molar-refractivity contribution in [2.75, 3.05) is 39.9 Å². The number of aliphatic hydroxyl groups excluding tert-OH is 1. The summed E-state index contributed by atoms with van der Waals surface area (Å²) in [5.74, 6) is 1.34. The van der Waals surface area contributed by atoms with Gasteiger partial charge in [0.05, 0.1) is 6.10 Å². The molecule has 1 fully saturated rings. The fraction of sp³-hybridized carbons (Fsp3) is 0.741. The van der Waals surface area contributed by atoms with Crippen LogP contribution in [-0.4, -0.2) is 55.8 Å². The highest BCUT2D eigenvalue weighted by Crippen LogP contribution is 2.32. The van der Waals surface area contributed by atoms with Gasteiger partial charge in [0, 0.05) is 13.0 Å². The van der Waals surface area contributed by atoms with Crippen molar-refractivity contribution >= 4 is 5.91 Å². The first-order valence-electron chi connectivity index (χ1n) is 13.1. The van der Waals surface area contributed by atoms with Crippen LogP contribution in [0.1, 0.15) is 97.7 Å². The molecular weight excluding hydrogens is 416 g/mol. The third-order valence-electron chi connectivity index (χ3n) is 5.28. The van der Waals surface area contributed by atoms with Gasteiger partial charge in [-0.3, -0.25) is 4.79 Å². The van der Waals surface area contributed by atoms with Crippen molar-refractivity contribution in [2.45, 2.75) is 92.1 Å². The number of aliphatic hydroxyl groups is 1. The van der Waals surface area contributed by atoms with Crippen LogP contribution in [0, 0.1) is 0 Å². The zero-order valence-corrected chi connectivity index (χ0v) is 22.1.